The zero-order chi connectivity index (χ0) is 12.8. The minimum absolute atomic E-state index is 0.164. The molecule has 0 aliphatic carbocycles. The van der Waals surface area contributed by atoms with E-state index in [1.807, 2.05) is 0 Å². The van der Waals surface area contributed by atoms with Crippen LogP contribution in [0.4, 0.5) is 5.69 Å². The average Bonchev–Trinajstić information content (AvgIpc) is 2.28. The quantitative estimate of drug-likeness (QED) is 0.489. The van der Waals surface area contributed by atoms with Gasteiger partial charge >= 0.3 is 0 Å². The first-order chi connectivity index (χ1) is 8.04. The predicted molar refractivity (Wildman–Crippen MR) is 76.2 cm³/mol. The van der Waals surface area contributed by atoms with Gasteiger partial charge in [0.05, 0.1) is 6.10 Å². The van der Waals surface area contributed by atoms with E-state index >= 15 is 0 Å². The van der Waals surface area contributed by atoms with Gasteiger partial charge in [0, 0.05) is 11.0 Å². The summed E-state index contributed by atoms with van der Waals surface area (Å²) in [6.45, 7) is 0. The fraction of sp³-hybridized carbons (Fsp3) is 0.364. The zero-order valence-electron chi connectivity index (χ0n) is 9.14. The number of benzene rings is 1. The van der Waals surface area contributed by atoms with Crippen LogP contribution in [0.3, 0.4) is 0 Å². The normalized spacial score (nSPS) is 14.1. The summed E-state index contributed by atoms with van der Waals surface area (Å²) in [5.74, 6) is 0. The van der Waals surface area contributed by atoms with Crippen LogP contribution in [0.5, 0.6) is 0 Å². The van der Waals surface area contributed by atoms with Gasteiger partial charge in [-0.15, -0.1) is 0 Å². The van der Waals surface area contributed by atoms with Crippen LogP contribution in [0.2, 0.25) is 0 Å². The predicted octanol–water partition coefficient (Wildman–Crippen LogP) is 1.52. The van der Waals surface area contributed by atoms with Gasteiger partial charge in [-0.05, 0) is 36.3 Å². The Morgan fingerprint density at radius 2 is 2.18 bits per heavy atom. The standard InChI is InChI=1S/C11H15BrN2O2S/c12-5-4-9(15)10(16)7-2-1-3-8(6-7)14-11(13)17/h1-3,6,9-10,15-16H,4-5H2,(H3,13,14,17). The third-order valence-corrected chi connectivity index (χ3v) is 2.82. The van der Waals surface area contributed by atoms with E-state index in [-0.39, 0.29) is 5.11 Å². The SMILES string of the molecule is NC(=S)Nc1cccc(C(O)C(O)CCBr)c1. The number of thiocarbonyl (C=S) groups is 1. The number of rotatable bonds is 5. The number of anilines is 1. The molecule has 94 valence electrons. The molecular formula is C11H15BrN2O2S. The van der Waals surface area contributed by atoms with E-state index in [0.29, 0.717) is 23.0 Å². The third kappa shape index (κ3) is 4.59. The van der Waals surface area contributed by atoms with Crippen LogP contribution in [0.1, 0.15) is 18.1 Å². The molecule has 0 aliphatic heterocycles. The first-order valence-electron chi connectivity index (χ1n) is 5.13. The van der Waals surface area contributed by atoms with Gasteiger partial charge in [-0.25, -0.2) is 0 Å². The lowest BCUT2D eigenvalue weighted by Gasteiger charge is -2.18. The molecule has 0 aromatic heterocycles. The van der Waals surface area contributed by atoms with Gasteiger partial charge in [0.25, 0.3) is 0 Å². The van der Waals surface area contributed by atoms with Gasteiger partial charge in [-0.1, -0.05) is 28.1 Å². The lowest BCUT2D eigenvalue weighted by molar-refractivity contribution is 0.0174. The van der Waals surface area contributed by atoms with Crippen LogP contribution < -0.4 is 11.1 Å². The number of aliphatic hydroxyl groups excluding tert-OH is 2. The number of halogens is 1. The van der Waals surface area contributed by atoms with Crippen molar-refractivity contribution in [3.05, 3.63) is 29.8 Å². The van der Waals surface area contributed by atoms with E-state index in [0.717, 1.165) is 0 Å². The molecule has 4 nitrogen and oxygen atoms in total. The smallest absolute Gasteiger partial charge is 0.168 e. The van der Waals surface area contributed by atoms with Crippen LogP contribution in [0.25, 0.3) is 0 Å². The molecular weight excluding hydrogens is 304 g/mol. The second kappa shape index (κ2) is 6.90. The summed E-state index contributed by atoms with van der Waals surface area (Å²) in [6, 6.07) is 7.00. The second-order valence-electron chi connectivity index (χ2n) is 3.60. The number of hydrogen-bond donors (Lipinski definition) is 4. The van der Waals surface area contributed by atoms with Crippen LogP contribution in [0.15, 0.2) is 24.3 Å². The van der Waals surface area contributed by atoms with Crippen LogP contribution >= 0.6 is 28.1 Å². The van der Waals surface area contributed by atoms with Crippen molar-refractivity contribution in [1.82, 2.24) is 0 Å². The first kappa shape index (κ1) is 14.4. The largest absolute Gasteiger partial charge is 0.390 e. The highest BCUT2D eigenvalue weighted by atomic mass is 79.9. The Balaban J connectivity index is 2.79. The first-order valence-corrected chi connectivity index (χ1v) is 6.66. The van der Waals surface area contributed by atoms with Gasteiger partial charge < -0.3 is 21.3 Å². The van der Waals surface area contributed by atoms with Crippen molar-refractivity contribution in [2.24, 2.45) is 5.73 Å². The fourth-order valence-electron chi connectivity index (χ4n) is 1.43. The molecule has 0 amide bonds. The van der Waals surface area contributed by atoms with Crippen molar-refractivity contribution < 1.29 is 10.2 Å². The minimum Gasteiger partial charge on any atom is -0.390 e. The Bertz CT molecular complexity index is 389. The van der Waals surface area contributed by atoms with Crippen LogP contribution in [-0.2, 0) is 0 Å². The maximum Gasteiger partial charge on any atom is 0.168 e. The molecule has 17 heavy (non-hydrogen) atoms. The van der Waals surface area contributed by atoms with Gasteiger partial charge in [-0.2, -0.15) is 0 Å². The maximum absolute atomic E-state index is 9.92. The zero-order valence-corrected chi connectivity index (χ0v) is 11.5. The van der Waals surface area contributed by atoms with E-state index < -0.39 is 12.2 Å². The molecule has 6 heteroatoms. The Morgan fingerprint density at radius 1 is 1.47 bits per heavy atom. The van der Waals surface area contributed by atoms with E-state index in [4.69, 9.17) is 18.0 Å². The summed E-state index contributed by atoms with van der Waals surface area (Å²) in [7, 11) is 0. The lowest BCUT2D eigenvalue weighted by Crippen LogP contribution is -2.20. The topological polar surface area (TPSA) is 78.5 Å². The van der Waals surface area contributed by atoms with Gasteiger partial charge in [0.1, 0.15) is 6.10 Å². The van der Waals surface area contributed by atoms with E-state index in [9.17, 15) is 10.2 Å². The molecule has 1 rings (SSSR count). The van der Waals surface area contributed by atoms with Crippen molar-refractivity contribution in [3.63, 3.8) is 0 Å². The van der Waals surface area contributed by atoms with E-state index in [1.165, 1.54) is 0 Å². The number of alkyl halides is 1. The molecule has 0 heterocycles. The Morgan fingerprint density at radius 3 is 2.76 bits per heavy atom. The number of hydrogen-bond acceptors (Lipinski definition) is 3. The monoisotopic (exact) mass is 318 g/mol. The fourth-order valence-corrected chi connectivity index (χ4v) is 2.02. The summed E-state index contributed by atoms with van der Waals surface area (Å²) in [5.41, 5.74) is 6.68. The lowest BCUT2D eigenvalue weighted by atomic mass is 10.0. The average molecular weight is 319 g/mol. The Hall–Kier alpha value is -0.690. The maximum atomic E-state index is 9.92. The molecule has 0 radical (unpaired) electrons. The van der Waals surface area contributed by atoms with Gasteiger partial charge in [0.15, 0.2) is 5.11 Å². The van der Waals surface area contributed by atoms with E-state index in [1.54, 1.807) is 24.3 Å². The molecule has 1 aromatic rings. The molecule has 1 aromatic carbocycles. The van der Waals surface area contributed by atoms with Crippen molar-refractivity contribution in [2.75, 3.05) is 10.6 Å². The summed E-state index contributed by atoms with van der Waals surface area (Å²) in [4.78, 5) is 0. The second-order valence-corrected chi connectivity index (χ2v) is 4.84. The third-order valence-electron chi connectivity index (χ3n) is 2.27. The highest BCUT2D eigenvalue weighted by Gasteiger charge is 2.17. The summed E-state index contributed by atoms with van der Waals surface area (Å²) in [5, 5.41) is 23.2. The van der Waals surface area contributed by atoms with Crippen LogP contribution in [0, 0.1) is 0 Å². The highest BCUT2D eigenvalue weighted by Crippen LogP contribution is 2.22. The Kier molecular flexibility index (Phi) is 5.84. The van der Waals surface area contributed by atoms with Gasteiger partial charge in [-0.3, -0.25) is 0 Å². The Labute approximate surface area is 114 Å². The van der Waals surface area contributed by atoms with Crippen LogP contribution in [-0.4, -0.2) is 26.8 Å². The summed E-state index contributed by atoms with van der Waals surface area (Å²) >= 11 is 7.95. The number of aliphatic hydroxyl groups is 2. The molecule has 5 N–H and O–H groups in total. The van der Waals surface area contributed by atoms with Gasteiger partial charge in [0.2, 0.25) is 0 Å². The number of nitrogens with two attached hydrogens (primary N) is 1. The minimum atomic E-state index is -0.916. The van der Waals surface area contributed by atoms with Crippen molar-refractivity contribution in [1.29, 1.82) is 0 Å². The van der Waals surface area contributed by atoms with Crippen molar-refractivity contribution in [2.45, 2.75) is 18.6 Å². The molecule has 0 saturated heterocycles. The molecule has 0 saturated carbocycles. The molecule has 2 unspecified atom stereocenters. The summed E-state index contributed by atoms with van der Waals surface area (Å²) < 4.78 is 0. The van der Waals surface area contributed by atoms with Crippen molar-refractivity contribution >= 4 is 38.9 Å². The summed E-state index contributed by atoms with van der Waals surface area (Å²) in [6.07, 6.45) is -1.23. The molecule has 2 atom stereocenters. The molecule has 0 fully saturated rings. The molecule has 0 spiro atoms. The highest BCUT2D eigenvalue weighted by molar-refractivity contribution is 9.09. The molecule has 0 bridgehead atoms. The van der Waals surface area contributed by atoms with Crippen molar-refractivity contribution in [3.8, 4) is 0 Å². The van der Waals surface area contributed by atoms with E-state index in [2.05, 4.69) is 21.2 Å². The number of nitrogens with one attached hydrogen (secondary N) is 1. The molecule has 0 aliphatic rings.